The first-order chi connectivity index (χ1) is 13.3. The van der Waals surface area contributed by atoms with Gasteiger partial charge in [-0.1, -0.05) is 31.9 Å². The third kappa shape index (κ3) is 5.44. The van der Waals surface area contributed by atoms with Crippen molar-refractivity contribution in [2.75, 3.05) is 48.4 Å². The predicted molar refractivity (Wildman–Crippen MR) is 110 cm³/mol. The number of ether oxygens (including phenoxy) is 1. The normalized spacial score (nSPS) is 14.0. The van der Waals surface area contributed by atoms with Gasteiger partial charge >= 0.3 is 0 Å². The van der Waals surface area contributed by atoms with Gasteiger partial charge < -0.3 is 20.3 Å². The second kappa shape index (κ2) is 9.92. The number of rotatable bonds is 8. The molecule has 2 heterocycles. The molecule has 1 amide bonds. The summed E-state index contributed by atoms with van der Waals surface area (Å²) in [6.45, 7) is 6.14. The zero-order chi connectivity index (χ0) is 18.9. The molecule has 0 spiro atoms. The zero-order valence-electron chi connectivity index (χ0n) is 15.9. The lowest BCUT2D eigenvalue weighted by Crippen LogP contribution is -2.36. The fourth-order valence-electron chi connectivity index (χ4n) is 3.12. The molecule has 0 aliphatic carbocycles. The molecule has 1 fully saturated rings. The number of unbranched alkanes of at least 4 members (excludes halogenated alkanes) is 2. The number of aromatic nitrogens is 1. The molecule has 0 saturated carbocycles. The third-order valence-corrected chi connectivity index (χ3v) is 4.61. The number of carbonyl (C=O) groups excluding carboxylic acids is 1. The minimum Gasteiger partial charge on any atom is -0.385 e. The summed E-state index contributed by atoms with van der Waals surface area (Å²) < 4.78 is 5.43. The lowest BCUT2D eigenvalue weighted by Gasteiger charge is -2.30. The van der Waals surface area contributed by atoms with Crippen molar-refractivity contribution < 1.29 is 9.53 Å². The average Bonchev–Trinajstić information content (AvgIpc) is 2.72. The number of para-hydroxylation sites is 2. The second-order valence-electron chi connectivity index (χ2n) is 6.63. The smallest absolute Gasteiger partial charge is 0.274 e. The highest BCUT2D eigenvalue weighted by atomic mass is 16.5. The van der Waals surface area contributed by atoms with Crippen LogP contribution in [0.25, 0.3) is 0 Å². The minimum atomic E-state index is -0.201. The molecule has 1 aliphatic rings. The van der Waals surface area contributed by atoms with Crippen LogP contribution in [0.2, 0.25) is 0 Å². The maximum atomic E-state index is 12.7. The maximum absolute atomic E-state index is 12.7. The van der Waals surface area contributed by atoms with Gasteiger partial charge in [0.2, 0.25) is 0 Å². The van der Waals surface area contributed by atoms with E-state index in [0.717, 1.165) is 43.1 Å². The van der Waals surface area contributed by atoms with E-state index in [1.807, 2.05) is 30.3 Å². The van der Waals surface area contributed by atoms with Gasteiger partial charge in [-0.05, 0) is 30.7 Å². The van der Waals surface area contributed by atoms with E-state index in [-0.39, 0.29) is 5.91 Å². The summed E-state index contributed by atoms with van der Waals surface area (Å²) in [7, 11) is 0. The van der Waals surface area contributed by atoms with Crippen molar-refractivity contribution >= 4 is 23.0 Å². The molecular formula is C21H28N4O2. The van der Waals surface area contributed by atoms with Gasteiger partial charge in [-0.3, -0.25) is 9.78 Å². The molecule has 1 aromatic carbocycles. The Balaban J connectivity index is 1.67. The van der Waals surface area contributed by atoms with Crippen LogP contribution >= 0.6 is 0 Å². The van der Waals surface area contributed by atoms with Gasteiger partial charge in [0.05, 0.1) is 24.6 Å². The minimum absolute atomic E-state index is 0.201. The van der Waals surface area contributed by atoms with Crippen molar-refractivity contribution in [3.8, 4) is 0 Å². The molecule has 6 nitrogen and oxygen atoms in total. The fourth-order valence-corrected chi connectivity index (χ4v) is 3.12. The number of carbonyl (C=O) groups is 1. The van der Waals surface area contributed by atoms with E-state index in [2.05, 4.69) is 27.4 Å². The van der Waals surface area contributed by atoms with Crippen molar-refractivity contribution in [3.05, 3.63) is 48.3 Å². The molecule has 1 aliphatic heterocycles. The Hall–Kier alpha value is -2.60. The fraction of sp³-hybridized carbons (Fsp3) is 0.429. The highest BCUT2D eigenvalue weighted by molar-refractivity contribution is 6.05. The van der Waals surface area contributed by atoms with Gasteiger partial charge in [0.1, 0.15) is 5.69 Å². The molecular weight excluding hydrogens is 340 g/mol. The van der Waals surface area contributed by atoms with Crippen LogP contribution in [-0.4, -0.2) is 43.7 Å². The van der Waals surface area contributed by atoms with E-state index in [0.29, 0.717) is 18.9 Å². The number of hydrogen-bond donors (Lipinski definition) is 2. The molecule has 1 saturated heterocycles. The van der Waals surface area contributed by atoms with Crippen molar-refractivity contribution in [3.63, 3.8) is 0 Å². The molecule has 0 bridgehead atoms. The Morgan fingerprint density at radius 3 is 2.81 bits per heavy atom. The Bertz CT molecular complexity index is 744. The Morgan fingerprint density at radius 1 is 1.19 bits per heavy atom. The van der Waals surface area contributed by atoms with E-state index in [1.54, 1.807) is 12.3 Å². The quantitative estimate of drug-likeness (QED) is 0.694. The first-order valence-electron chi connectivity index (χ1n) is 9.71. The van der Waals surface area contributed by atoms with Crippen molar-refractivity contribution in [1.82, 2.24) is 4.98 Å². The molecule has 6 heteroatoms. The first-order valence-corrected chi connectivity index (χ1v) is 9.71. The Morgan fingerprint density at radius 2 is 2.00 bits per heavy atom. The number of pyridine rings is 1. The lowest BCUT2D eigenvalue weighted by atomic mass is 10.2. The topological polar surface area (TPSA) is 66.5 Å². The Kier molecular flexibility index (Phi) is 7.04. The van der Waals surface area contributed by atoms with Gasteiger partial charge in [-0.25, -0.2) is 0 Å². The summed E-state index contributed by atoms with van der Waals surface area (Å²) in [6.07, 6.45) is 5.18. The third-order valence-electron chi connectivity index (χ3n) is 4.61. The first kappa shape index (κ1) is 19.2. The van der Waals surface area contributed by atoms with Gasteiger partial charge in [0.25, 0.3) is 5.91 Å². The average molecular weight is 368 g/mol. The standard InChI is InChI=1S/C21H28N4O2/c1-2-3-6-10-22-17-9-11-23-19(16-17)21(26)24-18-7-4-5-8-20(18)25-12-14-27-15-13-25/h4-5,7-9,11,16H,2-3,6,10,12-15H2,1H3,(H,22,23)(H,24,26). The van der Waals surface area contributed by atoms with Crippen molar-refractivity contribution in [1.29, 1.82) is 0 Å². The summed E-state index contributed by atoms with van der Waals surface area (Å²) >= 11 is 0. The van der Waals surface area contributed by atoms with E-state index in [1.165, 1.54) is 12.8 Å². The molecule has 2 N–H and O–H groups in total. The Labute approximate surface area is 160 Å². The number of anilines is 3. The molecule has 1 aromatic heterocycles. The number of benzene rings is 1. The summed E-state index contributed by atoms with van der Waals surface area (Å²) in [5.41, 5.74) is 3.15. The monoisotopic (exact) mass is 368 g/mol. The highest BCUT2D eigenvalue weighted by Crippen LogP contribution is 2.26. The van der Waals surface area contributed by atoms with Crippen LogP contribution in [0, 0.1) is 0 Å². The largest absolute Gasteiger partial charge is 0.385 e. The van der Waals surface area contributed by atoms with Crippen LogP contribution in [0.1, 0.15) is 36.7 Å². The molecule has 0 atom stereocenters. The summed E-state index contributed by atoms with van der Waals surface area (Å²) in [6, 6.07) is 11.6. The zero-order valence-corrected chi connectivity index (χ0v) is 15.9. The maximum Gasteiger partial charge on any atom is 0.274 e. The molecule has 27 heavy (non-hydrogen) atoms. The summed E-state index contributed by atoms with van der Waals surface area (Å²) in [5.74, 6) is -0.201. The van der Waals surface area contributed by atoms with Crippen LogP contribution in [-0.2, 0) is 4.74 Å². The van der Waals surface area contributed by atoms with E-state index >= 15 is 0 Å². The number of amides is 1. The number of morpholine rings is 1. The van der Waals surface area contributed by atoms with Gasteiger partial charge in [0, 0.05) is 31.5 Å². The van der Waals surface area contributed by atoms with Gasteiger partial charge in [-0.2, -0.15) is 0 Å². The van der Waals surface area contributed by atoms with Crippen LogP contribution < -0.4 is 15.5 Å². The van der Waals surface area contributed by atoms with E-state index in [4.69, 9.17) is 4.74 Å². The highest BCUT2D eigenvalue weighted by Gasteiger charge is 2.16. The van der Waals surface area contributed by atoms with Crippen LogP contribution in [0.4, 0.5) is 17.1 Å². The second-order valence-corrected chi connectivity index (χ2v) is 6.63. The molecule has 144 valence electrons. The predicted octanol–water partition coefficient (Wildman–Crippen LogP) is 3.77. The summed E-state index contributed by atoms with van der Waals surface area (Å²) in [5, 5.41) is 6.38. The van der Waals surface area contributed by atoms with Crippen molar-refractivity contribution in [2.45, 2.75) is 26.2 Å². The SMILES string of the molecule is CCCCCNc1ccnc(C(=O)Nc2ccccc2N2CCOCC2)c1. The van der Waals surface area contributed by atoms with Crippen LogP contribution in [0.3, 0.4) is 0 Å². The molecule has 3 rings (SSSR count). The van der Waals surface area contributed by atoms with E-state index in [9.17, 15) is 4.79 Å². The number of hydrogen-bond acceptors (Lipinski definition) is 5. The van der Waals surface area contributed by atoms with Crippen LogP contribution in [0.5, 0.6) is 0 Å². The number of nitrogens with one attached hydrogen (secondary N) is 2. The van der Waals surface area contributed by atoms with E-state index < -0.39 is 0 Å². The molecule has 0 radical (unpaired) electrons. The number of nitrogens with zero attached hydrogens (tertiary/aromatic N) is 2. The van der Waals surface area contributed by atoms with Crippen LogP contribution in [0.15, 0.2) is 42.6 Å². The molecule has 2 aromatic rings. The van der Waals surface area contributed by atoms with Gasteiger partial charge in [-0.15, -0.1) is 0 Å². The molecule has 0 unspecified atom stereocenters. The summed E-state index contributed by atoms with van der Waals surface area (Å²) in [4.78, 5) is 19.2. The van der Waals surface area contributed by atoms with Crippen molar-refractivity contribution in [2.24, 2.45) is 0 Å². The lowest BCUT2D eigenvalue weighted by molar-refractivity contribution is 0.102. The van der Waals surface area contributed by atoms with Gasteiger partial charge in [0.15, 0.2) is 0 Å².